The van der Waals surface area contributed by atoms with Gasteiger partial charge in [-0.2, -0.15) is 0 Å². The molecule has 186 valence electrons. The number of rotatable bonds is 6. The monoisotopic (exact) mass is 498 g/mol. The van der Waals surface area contributed by atoms with Gasteiger partial charge in [0.05, 0.1) is 24.0 Å². The van der Waals surface area contributed by atoms with Gasteiger partial charge < -0.3 is 9.47 Å². The van der Waals surface area contributed by atoms with Crippen molar-refractivity contribution < 1.29 is 37.1 Å². The lowest BCUT2D eigenvalue weighted by Crippen LogP contribution is -2.37. The number of ether oxygens (including phenoxy) is 2. The second kappa shape index (κ2) is 9.19. The van der Waals surface area contributed by atoms with Gasteiger partial charge in [-0.05, 0) is 61.0 Å². The Bertz CT molecular complexity index is 1250. The number of fused-ring (bicyclic) bond motifs is 1. The highest BCUT2D eigenvalue weighted by Crippen LogP contribution is 2.48. The molecule has 3 aromatic carbocycles. The zero-order valence-electron chi connectivity index (χ0n) is 19.0. The minimum Gasteiger partial charge on any atom is -0.494 e. The maximum atomic E-state index is 13.6. The summed E-state index contributed by atoms with van der Waals surface area (Å²) < 4.78 is 47.3. The van der Waals surface area contributed by atoms with Gasteiger partial charge in [-0.1, -0.05) is 30.3 Å². The molecule has 36 heavy (non-hydrogen) atoms. The van der Waals surface area contributed by atoms with Gasteiger partial charge in [-0.3, -0.25) is 14.4 Å². The molecule has 3 aromatic rings. The number of benzene rings is 3. The predicted octanol–water partition coefficient (Wildman–Crippen LogP) is 5.04. The fourth-order valence-corrected chi connectivity index (χ4v) is 4.53. The standard InChI is InChI=1S/C26H21F3N2O5/c1-2-34-19-14-10-17(11-15-19)30-24(32)21-22(16-8-12-20(13-9-16)35-26(27,28)29)31(36-23(21)25(30)33)18-6-4-3-5-7-18/h3-15,21-23H,2H2,1H3/t21-,22-,23+/m1/s1. The van der Waals surface area contributed by atoms with E-state index in [4.69, 9.17) is 9.57 Å². The SMILES string of the molecule is CCOc1ccc(N2C(=O)[C@H]3[C@H](ON(c4ccccc4)[C@@H]3c3ccc(OC(F)(F)F)cc3)C2=O)cc1. The van der Waals surface area contributed by atoms with E-state index < -0.39 is 42.0 Å². The first-order chi connectivity index (χ1) is 17.3. The van der Waals surface area contributed by atoms with E-state index in [1.54, 1.807) is 48.5 Å². The molecule has 3 atom stereocenters. The van der Waals surface area contributed by atoms with Crippen molar-refractivity contribution in [3.63, 3.8) is 0 Å². The summed E-state index contributed by atoms with van der Waals surface area (Å²) in [4.78, 5) is 34.1. The van der Waals surface area contributed by atoms with Gasteiger partial charge in [0, 0.05) is 0 Å². The lowest BCUT2D eigenvalue weighted by molar-refractivity contribution is -0.274. The Balaban J connectivity index is 1.50. The molecule has 7 nitrogen and oxygen atoms in total. The van der Waals surface area contributed by atoms with Crippen LogP contribution in [0, 0.1) is 5.92 Å². The number of imide groups is 1. The Labute approximate surface area is 204 Å². The molecule has 0 aliphatic carbocycles. The molecule has 0 unspecified atom stereocenters. The molecule has 2 fully saturated rings. The van der Waals surface area contributed by atoms with E-state index in [1.165, 1.54) is 29.3 Å². The van der Waals surface area contributed by atoms with E-state index in [1.807, 2.05) is 13.0 Å². The molecular weight excluding hydrogens is 477 g/mol. The van der Waals surface area contributed by atoms with Crippen LogP contribution in [0.25, 0.3) is 0 Å². The Kier molecular flexibility index (Phi) is 6.05. The van der Waals surface area contributed by atoms with Crippen molar-refractivity contribution in [1.29, 1.82) is 0 Å². The van der Waals surface area contributed by atoms with Crippen LogP contribution in [0.4, 0.5) is 24.5 Å². The molecule has 10 heteroatoms. The maximum Gasteiger partial charge on any atom is 0.573 e. The molecule has 2 amide bonds. The highest BCUT2D eigenvalue weighted by atomic mass is 19.4. The third kappa shape index (κ3) is 4.35. The smallest absolute Gasteiger partial charge is 0.494 e. The van der Waals surface area contributed by atoms with Crippen molar-refractivity contribution in [2.75, 3.05) is 16.6 Å². The third-order valence-electron chi connectivity index (χ3n) is 5.99. The Morgan fingerprint density at radius 1 is 0.833 bits per heavy atom. The summed E-state index contributed by atoms with van der Waals surface area (Å²) >= 11 is 0. The molecule has 5 rings (SSSR count). The summed E-state index contributed by atoms with van der Waals surface area (Å²) in [6.45, 7) is 2.32. The number of hydrogen-bond acceptors (Lipinski definition) is 6. The van der Waals surface area contributed by atoms with Crippen LogP contribution >= 0.6 is 0 Å². The second-order valence-electron chi connectivity index (χ2n) is 8.21. The number of hydrogen-bond donors (Lipinski definition) is 0. The Hall–Kier alpha value is -4.05. The minimum absolute atomic E-state index is 0.380. The van der Waals surface area contributed by atoms with Crippen LogP contribution < -0.4 is 19.4 Å². The van der Waals surface area contributed by atoms with Crippen LogP contribution in [0.1, 0.15) is 18.5 Å². The summed E-state index contributed by atoms with van der Waals surface area (Å²) in [5.74, 6) is -1.69. The van der Waals surface area contributed by atoms with Gasteiger partial charge >= 0.3 is 6.36 Å². The first-order valence-electron chi connectivity index (χ1n) is 11.2. The topological polar surface area (TPSA) is 68.3 Å². The molecular formula is C26H21F3N2O5. The lowest BCUT2D eigenvalue weighted by Gasteiger charge is -2.29. The molecule has 2 heterocycles. The molecule has 2 aliphatic rings. The highest BCUT2D eigenvalue weighted by molar-refractivity contribution is 6.23. The van der Waals surface area contributed by atoms with E-state index >= 15 is 0 Å². The first kappa shape index (κ1) is 23.7. The maximum absolute atomic E-state index is 13.6. The van der Waals surface area contributed by atoms with Crippen LogP contribution in [0.2, 0.25) is 0 Å². The molecule has 0 radical (unpaired) electrons. The molecule has 0 N–H and O–H groups in total. The largest absolute Gasteiger partial charge is 0.573 e. The third-order valence-corrected chi connectivity index (χ3v) is 5.99. The van der Waals surface area contributed by atoms with E-state index in [-0.39, 0.29) is 0 Å². The normalized spacial score (nSPS) is 21.6. The number of carbonyl (C=O) groups excluding carboxylic acids is 2. The number of halogens is 3. The summed E-state index contributed by atoms with van der Waals surface area (Å²) in [5, 5.41) is 1.47. The van der Waals surface area contributed by atoms with Crippen LogP contribution in [0.15, 0.2) is 78.9 Å². The summed E-state index contributed by atoms with van der Waals surface area (Å²) in [6, 6.07) is 19.9. The van der Waals surface area contributed by atoms with Crippen LogP contribution in [0.5, 0.6) is 11.5 Å². The van der Waals surface area contributed by atoms with Gasteiger partial charge in [0.25, 0.3) is 5.91 Å². The van der Waals surface area contributed by atoms with Crippen molar-refractivity contribution in [3.05, 3.63) is 84.4 Å². The molecule has 0 saturated carbocycles. The van der Waals surface area contributed by atoms with Gasteiger partial charge in [-0.15, -0.1) is 13.2 Å². The number of para-hydroxylation sites is 1. The average Bonchev–Trinajstić information content (AvgIpc) is 3.36. The Morgan fingerprint density at radius 2 is 1.47 bits per heavy atom. The van der Waals surface area contributed by atoms with Crippen LogP contribution in [0.3, 0.4) is 0 Å². The number of amides is 2. The van der Waals surface area contributed by atoms with E-state index in [0.29, 0.717) is 29.3 Å². The van der Waals surface area contributed by atoms with Gasteiger partial charge in [0.1, 0.15) is 17.4 Å². The summed E-state index contributed by atoms with van der Waals surface area (Å²) in [5.41, 5.74) is 1.47. The molecule has 0 spiro atoms. The summed E-state index contributed by atoms with van der Waals surface area (Å²) in [7, 11) is 0. The van der Waals surface area contributed by atoms with Gasteiger partial charge in [0.15, 0.2) is 6.10 Å². The predicted molar refractivity (Wildman–Crippen MR) is 123 cm³/mol. The summed E-state index contributed by atoms with van der Waals surface area (Å²) in [6.07, 6.45) is -5.93. The van der Waals surface area contributed by atoms with E-state index in [0.717, 1.165) is 4.90 Å². The highest BCUT2D eigenvalue weighted by Gasteiger charge is 2.60. The zero-order valence-corrected chi connectivity index (χ0v) is 19.0. The number of hydroxylamine groups is 1. The van der Waals surface area contributed by atoms with E-state index in [9.17, 15) is 22.8 Å². The number of nitrogens with zero attached hydrogens (tertiary/aromatic N) is 2. The van der Waals surface area contributed by atoms with Crippen molar-refractivity contribution in [1.82, 2.24) is 0 Å². The van der Waals surface area contributed by atoms with Gasteiger partial charge in [0.2, 0.25) is 5.91 Å². The van der Waals surface area contributed by atoms with Crippen molar-refractivity contribution in [2.24, 2.45) is 5.92 Å². The lowest BCUT2D eigenvalue weighted by atomic mass is 9.90. The van der Waals surface area contributed by atoms with E-state index in [2.05, 4.69) is 4.74 Å². The first-order valence-corrected chi connectivity index (χ1v) is 11.2. The van der Waals surface area contributed by atoms with Gasteiger partial charge in [-0.25, -0.2) is 9.96 Å². The van der Waals surface area contributed by atoms with Crippen molar-refractivity contribution >= 4 is 23.2 Å². The molecule has 2 saturated heterocycles. The molecule has 0 aromatic heterocycles. The Morgan fingerprint density at radius 3 is 2.08 bits per heavy atom. The fourth-order valence-electron chi connectivity index (χ4n) is 4.53. The molecule has 0 bridgehead atoms. The molecule has 2 aliphatic heterocycles. The van der Waals surface area contributed by atoms with Crippen LogP contribution in [-0.4, -0.2) is 30.9 Å². The number of alkyl halides is 3. The number of carbonyl (C=O) groups is 2. The minimum atomic E-state index is -4.83. The second-order valence-corrected chi connectivity index (χ2v) is 8.21. The van der Waals surface area contributed by atoms with Crippen molar-refractivity contribution in [2.45, 2.75) is 25.4 Å². The quantitative estimate of drug-likeness (QED) is 0.444. The number of anilines is 2. The zero-order chi connectivity index (χ0) is 25.4. The fraction of sp³-hybridized carbons (Fsp3) is 0.231. The van der Waals surface area contributed by atoms with Crippen LogP contribution in [-0.2, 0) is 14.4 Å². The van der Waals surface area contributed by atoms with Crippen molar-refractivity contribution in [3.8, 4) is 11.5 Å². The average molecular weight is 498 g/mol.